The molecule has 0 radical (unpaired) electrons. The molecule has 2 N–H and O–H groups in total. The number of anilines is 1. The van der Waals surface area contributed by atoms with Gasteiger partial charge in [0.25, 0.3) is 0 Å². The lowest BCUT2D eigenvalue weighted by atomic mass is 10.2. The molecule has 16 heavy (non-hydrogen) atoms. The van der Waals surface area contributed by atoms with Gasteiger partial charge in [0.05, 0.1) is 12.3 Å². The SMILES string of the molecule is CCC1CC(=O)N(c2cccc(CO)c2)N1. The number of rotatable bonds is 3. The Balaban J connectivity index is 2.20. The van der Waals surface area contributed by atoms with E-state index in [0.717, 1.165) is 17.7 Å². The molecule has 1 amide bonds. The molecule has 0 aliphatic carbocycles. The summed E-state index contributed by atoms with van der Waals surface area (Å²) in [6, 6.07) is 7.59. The standard InChI is InChI=1S/C12H16N2O2/c1-2-10-7-12(16)14(13-10)11-5-3-4-9(6-11)8-15/h3-6,10,13,15H,2,7-8H2,1H3. The number of hydrogen-bond donors (Lipinski definition) is 2. The van der Waals surface area contributed by atoms with Crippen molar-refractivity contribution in [1.82, 2.24) is 5.43 Å². The van der Waals surface area contributed by atoms with Crippen LogP contribution in [-0.2, 0) is 11.4 Å². The van der Waals surface area contributed by atoms with E-state index in [-0.39, 0.29) is 18.6 Å². The van der Waals surface area contributed by atoms with E-state index in [0.29, 0.717) is 6.42 Å². The summed E-state index contributed by atoms with van der Waals surface area (Å²) in [5.74, 6) is 0.0851. The van der Waals surface area contributed by atoms with E-state index >= 15 is 0 Å². The molecule has 1 atom stereocenters. The summed E-state index contributed by atoms with van der Waals surface area (Å²) in [6.45, 7) is 2.05. The quantitative estimate of drug-likeness (QED) is 0.804. The lowest BCUT2D eigenvalue weighted by Gasteiger charge is -2.18. The number of aliphatic hydroxyl groups is 1. The van der Waals surface area contributed by atoms with Crippen molar-refractivity contribution in [2.75, 3.05) is 5.01 Å². The first-order chi connectivity index (χ1) is 7.74. The Hall–Kier alpha value is -1.39. The monoisotopic (exact) mass is 220 g/mol. The molecular formula is C12H16N2O2. The van der Waals surface area contributed by atoms with Gasteiger partial charge >= 0.3 is 0 Å². The Labute approximate surface area is 94.9 Å². The second-order valence-electron chi connectivity index (χ2n) is 4.00. The maximum atomic E-state index is 11.7. The number of hydrogen-bond acceptors (Lipinski definition) is 3. The molecule has 0 aromatic heterocycles. The molecule has 1 heterocycles. The third-order valence-corrected chi connectivity index (χ3v) is 2.83. The van der Waals surface area contributed by atoms with Crippen molar-refractivity contribution in [3.63, 3.8) is 0 Å². The lowest BCUT2D eigenvalue weighted by molar-refractivity contribution is -0.117. The fraction of sp³-hybridized carbons (Fsp3) is 0.417. The highest BCUT2D eigenvalue weighted by Gasteiger charge is 2.28. The van der Waals surface area contributed by atoms with E-state index < -0.39 is 0 Å². The second kappa shape index (κ2) is 4.63. The minimum absolute atomic E-state index is 0.00687. The highest BCUT2D eigenvalue weighted by atomic mass is 16.3. The molecule has 1 fully saturated rings. The smallest absolute Gasteiger partial charge is 0.243 e. The number of hydrazine groups is 1. The van der Waals surface area contributed by atoms with Gasteiger partial charge in [-0.15, -0.1) is 0 Å². The van der Waals surface area contributed by atoms with E-state index in [4.69, 9.17) is 5.11 Å². The molecule has 1 aliphatic heterocycles. The van der Waals surface area contributed by atoms with Gasteiger partial charge in [-0.1, -0.05) is 19.1 Å². The Morgan fingerprint density at radius 3 is 3.00 bits per heavy atom. The Morgan fingerprint density at radius 1 is 1.56 bits per heavy atom. The van der Waals surface area contributed by atoms with Gasteiger partial charge in [0, 0.05) is 12.5 Å². The van der Waals surface area contributed by atoms with Crippen molar-refractivity contribution in [2.45, 2.75) is 32.4 Å². The average molecular weight is 220 g/mol. The summed E-state index contributed by atoms with van der Waals surface area (Å²) in [4.78, 5) is 11.7. The number of amides is 1. The van der Waals surface area contributed by atoms with Gasteiger partial charge in [0.15, 0.2) is 0 Å². The number of nitrogens with one attached hydrogen (secondary N) is 1. The van der Waals surface area contributed by atoms with E-state index in [9.17, 15) is 4.79 Å². The fourth-order valence-corrected chi connectivity index (χ4v) is 1.85. The van der Waals surface area contributed by atoms with Crippen LogP contribution in [0.25, 0.3) is 0 Å². The molecule has 0 bridgehead atoms. The van der Waals surface area contributed by atoms with Gasteiger partial charge in [-0.2, -0.15) is 0 Å². The van der Waals surface area contributed by atoms with Crippen molar-refractivity contribution in [3.8, 4) is 0 Å². The highest BCUT2D eigenvalue weighted by molar-refractivity contribution is 5.94. The molecule has 0 spiro atoms. The van der Waals surface area contributed by atoms with Crippen molar-refractivity contribution in [3.05, 3.63) is 29.8 Å². The average Bonchev–Trinajstić information content (AvgIpc) is 2.71. The molecule has 1 saturated heterocycles. The summed E-state index contributed by atoms with van der Waals surface area (Å²) in [5.41, 5.74) is 4.77. The molecule has 1 aromatic rings. The zero-order valence-corrected chi connectivity index (χ0v) is 9.31. The van der Waals surface area contributed by atoms with Crippen LogP contribution in [0.3, 0.4) is 0 Å². The zero-order valence-electron chi connectivity index (χ0n) is 9.31. The van der Waals surface area contributed by atoms with Crippen LogP contribution < -0.4 is 10.4 Å². The van der Waals surface area contributed by atoms with E-state index in [1.54, 1.807) is 5.01 Å². The van der Waals surface area contributed by atoms with Crippen molar-refractivity contribution >= 4 is 11.6 Å². The van der Waals surface area contributed by atoms with Crippen LogP contribution in [-0.4, -0.2) is 17.1 Å². The minimum atomic E-state index is -0.00687. The van der Waals surface area contributed by atoms with Gasteiger partial charge < -0.3 is 5.11 Å². The molecular weight excluding hydrogens is 204 g/mol. The first-order valence-electron chi connectivity index (χ1n) is 5.53. The van der Waals surface area contributed by atoms with Gasteiger partial charge in [0.2, 0.25) is 5.91 Å². The van der Waals surface area contributed by atoms with E-state index in [2.05, 4.69) is 12.3 Å². The predicted molar refractivity (Wildman–Crippen MR) is 61.7 cm³/mol. The van der Waals surface area contributed by atoms with Gasteiger partial charge in [-0.3, -0.25) is 4.79 Å². The van der Waals surface area contributed by atoms with Crippen LogP contribution >= 0.6 is 0 Å². The predicted octanol–water partition coefficient (Wildman–Crippen LogP) is 1.20. The van der Waals surface area contributed by atoms with Crippen molar-refractivity contribution in [1.29, 1.82) is 0 Å². The third-order valence-electron chi connectivity index (χ3n) is 2.83. The Bertz CT molecular complexity index is 392. The van der Waals surface area contributed by atoms with Crippen LogP contribution in [0.1, 0.15) is 25.3 Å². The zero-order chi connectivity index (χ0) is 11.5. The van der Waals surface area contributed by atoms with Gasteiger partial charge in [0.1, 0.15) is 0 Å². The number of carbonyl (C=O) groups is 1. The largest absolute Gasteiger partial charge is 0.392 e. The summed E-state index contributed by atoms with van der Waals surface area (Å²) >= 11 is 0. The van der Waals surface area contributed by atoms with Gasteiger partial charge in [-0.05, 0) is 24.1 Å². The minimum Gasteiger partial charge on any atom is -0.392 e. The molecule has 2 rings (SSSR count). The Kier molecular flexibility index (Phi) is 3.22. The number of nitrogens with zero attached hydrogens (tertiary/aromatic N) is 1. The van der Waals surface area contributed by atoms with E-state index in [1.807, 2.05) is 24.3 Å². The van der Waals surface area contributed by atoms with Crippen molar-refractivity contribution < 1.29 is 9.90 Å². The summed E-state index contributed by atoms with van der Waals surface area (Å²) < 4.78 is 0. The number of carbonyl (C=O) groups excluding carboxylic acids is 1. The van der Waals surface area contributed by atoms with Crippen LogP contribution in [0.5, 0.6) is 0 Å². The van der Waals surface area contributed by atoms with Crippen LogP contribution in [0, 0.1) is 0 Å². The summed E-state index contributed by atoms with van der Waals surface area (Å²) in [5, 5.41) is 10.6. The third kappa shape index (κ3) is 2.08. The molecule has 1 unspecified atom stereocenters. The number of benzene rings is 1. The van der Waals surface area contributed by atoms with Gasteiger partial charge in [-0.25, -0.2) is 10.4 Å². The molecule has 1 aromatic carbocycles. The van der Waals surface area contributed by atoms with Crippen molar-refractivity contribution in [2.24, 2.45) is 0 Å². The molecule has 4 nitrogen and oxygen atoms in total. The second-order valence-corrected chi connectivity index (χ2v) is 4.00. The molecule has 1 aliphatic rings. The Morgan fingerprint density at radius 2 is 2.38 bits per heavy atom. The molecule has 0 saturated carbocycles. The summed E-state index contributed by atoms with van der Waals surface area (Å²) in [7, 11) is 0. The topological polar surface area (TPSA) is 52.6 Å². The first kappa shape index (κ1) is 11.1. The van der Waals surface area contributed by atoms with Crippen LogP contribution in [0.15, 0.2) is 24.3 Å². The van der Waals surface area contributed by atoms with Crippen LogP contribution in [0.4, 0.5) is 5.69 Å². The highest BCUT2D eigenvalue weighted by Crippen LogP contribution is 2.21. The molecule has 86 valence electrons. The molecule has 4 heteroatoms. The normalized spacial score (nSPS) is 20.5. The van der Waals surface area contributed by atoms with E-state index in [1.165, 1.54) is 0 Å². The van der Waals surface area contributed by atoms with Crippen LogP contribution in [0.2, 0.25) is 0 Å². The summed E-state index contributed by atoms with van der Waals surface area (Å²) in [6.07, 6.45) is 1.47. The lowest BCUT2D eigenvalue weighted by Crippen LogP contribution is -2.37. The maximum Gasteiger partial charge on any atom is 0.243 e. The fourth-order valence-electron chi connectivity index (χ4n) is 1.85. The maximum absolute atomic E-state index is 11.7. The first-order valence-corrected chi connectivity index (χ1v) is 5.53. The number of aliphatic hydroxyl groups excluding tert-OH is 1.